The molecule has 0 spiro atoms. The van der Waals surface area contributed by atoms with Gasteiger partial charge in [0, 0.05) is 69.9 Å². The topological polar surface area (TPSA) is 189 Å². The Morgan fingerprint density at radius 2 is 0.848 bits per heavy atom. The van der Waals surface area contributed by atoms with Crippen LogP contribution in [-0.2, 0) is 28.6 Å². The second-order valence-electron chi connectivity index (χ2n) is 15.8. The van der Waals surface area contributed by atoms with Crippen LogP contribution in [0.4, 0.5) is 0 Å². The Balaban J connectivity index is 1.07. The number of rotatable bonds is 19. The molecule has 0 N–H and O–H groups in total. The van der Waals surface area contributed by atoms with Crippen molar-refractivity contribution in [2.24, 2.45) is 0 Å². The van der Waals surface area contributed by atoms with Crippen LogP contribution in [0, 0.1) is 0 Å². The molecule has 0 unspecified atom stereocenters. The standard InChI is InChI=1S/C46H58N4O14S2/c1-57-38-28-36(29-39(58-2)42(38)61-5)32-10-14-34(15-11-32)44(51)48-22-20-47(21-23-48)19-9-18-46(63-65(7,53)54,64-66(8,55)56)50-26-24-49(25-27-50)45(52)35-16-12-33(13-17-35)37-30-40(59-3)43(62-6)41(31-37)60-4/h10-17,28-31H,9,18-27H2,1-8H3. The van der Waals surface area contributed by atoms with E-state index in [4.69, 9.17) is 36.8 Å². The summed E-state index contributed by atoms with van der Waals surface area (Å²) in [5, 5.41) is 0. The van der Waals surface area contributed by atoms with Crippen LogP contribution in [0.25, 0.3) is 22.3 Å². The Bertz CT molecular complexity index is 2470. The first-order chi connectivity index (χ1) is 31.4. The second-order valence-corrected chi connectivity index (χ2v) is 18.9. The van der Waals surface area contributed by atoms with E-state index in [1.165, 1.54) is 26.2 Å². The number of nitrogens with zero attached hydrogens (tertiary/aromatic N) is 4. The fourth-order valence-corrected chi connectivity index (χ4v) is 9.69. The van der Waals surface area contributed by atoms with Crippen molar-refractivity contribution >= 4 is 32.1 Å². The van der Waals surface area contributed by atoms with Crippen molar-refractivity contribution in [2.45, 2.75) is 18.8 Å². The molecule has 0 bridgehead atoms. The van der Waals surface area contributed by atoms with Crippen LogP contribution < -0.4 is 28.4 Å². The summed E-state index contributed by atoms with van der Waals surface area (Å²) in [5.74, 6) is 0.396. The highest BCUT2D eigenvalue weighted by molar-refractivity contribution is 7.86. The molecule has 2 heterocycles. The molecule has 6 rings (SSSR count). The zero-order chi connectivity index (χ0) is 47.8. The Morgan fingerprint density at radius 1 is 0.500 bits per heavy atom. The van der Waals surface area contributed by atoms with Crippen molar-refractivity contribution in [3.05, 3.63) is 83.9 Å². The maximum absolute atomic E-state index is 13.7. The van der Waals surface area contributed by atoms with Gasteiger partial charge in [-0.15, -0.1) is 0 Å². The summed E-state index contributed by atoms with van der Waals surface area (Å²) in [7, 11) is 0.732. The monoisotopic (exact) mass is 954 g/mol. The summed E-state index contributed by atoms with van der Waals surface area (Å²) >= 11 is 0. The number of benzene rings is 4. The first-order valence-electron chi connectivity index (χ1n) is 21.1. The van der Waals surface area contributed by atoms with Crippen molar-refractivity contribution in [3.8, 4) is 56.8 Å². The Morgan fingerprint density at radius 3 is 1.17 bits per heavy atom. The molecular formula is C46H58N4O14S2. The van der Waals surface area contributed by atoms with Gasteiger partial charge in [-0.25, -0.2) is 13.3 Å². The van der Waals surface area contributed by atoms with E-state index in [1.807, 2.05) is 48.5 Å². The quantitative estimate of drug-likeness (QED) is 0.0931. The number of ether oxygens (including phenoxy) is 6. The molecule has 0 atom stereocenters. The normalized spacial score (nSPS) is 15.3. The van der Waals surface area contributed by atoms with Crippen LogP contribution in [-0.4, -0.2) is 168 Å². The summed E-state index contributed by atoms with van der Waals surface area (Å²) < 4.78 is 94.9. The summed E-state index contributed by atoms with van der Waals surface area (Å²) in [6.07, 6.45) is 1.85. The molecule has 0 aliphatic carbocycles. The van der Waals surface area contributed by atoms with Crippen LogP contribution in [0.5, 0.6) is 34.5 Å². The number of hydrogen-bond acceptors (Lipinski definition) is 16. The number of hydrogen-bond donors (Lipinski definition) is 0. The van der Waals surface area contributed by atoms with E-state index >= 15 is 0 Å². The van der Waals surface area contributed by atoms with Crippen LogP contribution in [0.1, 0.15) is 33.6 Å². The molecule has 2 amide bonds. The number of piperazine rings is 2. The Labute approximate surface area is 387 Å². The highest BCUT2D eigenvalue weighted by Crippen LogP contribution is 2.42. The number of carbonyl (C=O) groups is 2. The summed E-state index contributed by atoms with van der Waals surface area (Å²) in [4.78, 5) is 34.3. The molecule has 4 aromatic rings. The number of amides is 2. The van der Waals surface area contributed by atoms with Crippen molar-refractivity contribution in [3.63, 3.8) is 0 Å². The summed E-state index contributed by atoms with van der Waals surface area (Å²) in [6.45, 7) is 2.80. The van der Waals surface area contributed by atoms with E-state index in [0.717, 1.165) is 34.8 Å². The third-order valence-corrected chi connectivity index (χ3v) is 12.6. The van der Waals surface area contributed by atoms with Gasteiger partial charge >= 0.3 is 0 Å². The molecule has 0 aromatic heterocycles. The minimum Gasteiger partial charge on any atom is -0.493 e. The molecule has 2 saturated heterocycles. The first-order valence-corrected chi connectivity index (χ1v) is 24.8. The molecular weight excluding hydrogens is 897 g/mol. The highest BCUT2D eigenvalue weighted by Gasteiger charge is 2.47. The third-order valence-electron chi connectivity index (χ3n) is 11.5. The van der Waals surface area contributed by atoms with Gasteiger partial charge in [0.15, 0.2) is 23.0 Å². The zero-order valence-electron chi connectivity index (χ0n) is 38.5. The molecule has 18 nitrogen and oxygen atoms in total. The Kier molecular flexibility index (Phi) is 16.1. The maximum atomic E-state index is 13.7. The second kappa shape index (κ2) is 21.3. The Hall–Kier alpha value is -5.64. The molecule has 4 aromatic carbocycles. The molecule has 2 fully saturated rings. The SMILES string of the molecule is COc1cc(-c2ccc(C(=O)N3CCN(CCCC(OS(C)(=O)=O)(OS(C)(=O)=O)N4CCN(C(=O)c5ccc(-c6cc(OC)c(OC)c(OC)c6)cc5)CC4)CC3)cc2)cc(OC)c1OC. The highest BCUT2D eigenvalue weighted by atomic mass is 32.2. The van der Waals surface area contributed by atoms with Gasteiger partial charge in [-0.05, 0) is 83.8 Å². The molecule has 2 aliphatic rings. The lowest BCUT2D eigenvalue weighted by molar-refractivity contribution is -0.229. The van der Waals surface area contributed by atoms with Crippen molar-refractivity contribution < 1.29 is 63.2 Å². The minimum atomic E-state index is -4.25. The average molecular weight is 955 g/mol. The van der Waals surface area contributed by atoms with Gasteiger partial charge in [0.25, 0.3) is 38.0 Å². The van der Waals surface area contributed by atoms with Gasteiger partial charge in [-0.3, -0.25) is 14.5 Å². The van der Waals surface area contributed by atoms with Crippen molar-refractivity contribution in [1.29, 1.82) is 0 Å². The predicted molar refractivity (Wildman–Crippen MR) is 247 cm³/mol. The van der Waals surface area contributed by atoms with Gasteiger partial charge in [-0.2, -0.15) is 16.8 Å². The number of carbonyl (C=O) groups excluding carboxylic acids is 2. The van der Waals surface area contributed by atoms with Crippen molar-refractivity contribution in [2.75, 3.05) is 114 Å². The average Bonchev–Trinajstić information content (AvgIpc) is 3.31. The molecule has 20 heteroatoms. The van der Waals surface area contributed by atoms with E-state index in [9.17, 15) is 26.4 Å². The van der Waals surface area contributed by atoms with E-state index in [2.05, 4.69) is 4.90 Å². The first kappa shape index (κ1) is 49.8. The van der Waals surface area contributed by atoms with Crippen LogP contribution in [0.2, 0.25) is 0 Å². The fraction of sp³-hybridized carbons (Fsp3) is 0.435. The van der Waals surface area contributed by atoms with Gasteiger partial charge < -0.3 is 38.2 Å². The summed E-state index contributed by atoms with van der Waals surface area (Å²) in [6, 6.07) is 21.7. The largest absolute Gasteiger partial charge is 0.493 e. The third kappa shape index (κ3) is 11.8. The molecule has 358 valence electrons. The van der Waals surface area contributed by atoms with Crippen LogP contribution >= 0.6 is 0 Å². The van der Waals surface area contributed by atoms with Gasteiger partial charge in [0.1, 0.15) is 0 Å². The fourth-order valence-electron chi connectivity index (χ4n) is 8.26. The molecule has 0 saturated carbocycles. The van der Waals surface area contributed by atoms with E-state index < -0.39 is 26.1 Å². The lowest BCUT2D eigenvalue weighted by Gasteiger charge is -2.45. The van der Waals surface area contributed by atoms with Gasteiger partial charge in [0.2, 0.25) is 11.5 Å². The van der Waals surface area contributed by atoms with Crippen LogP contribution in [0.15, 0.2) is 72.8 Å². The van der Waals surface area contributed by atoms with E-state index in [1.54, 1.807) is 55.4 Å². The minimum absolute atomic E-state index is 0.0601. The van der Waals surface area contributed by atoms with Gasteiger partial charge in [0.05, 0.1) is 55.2 Å². The molecule has 0 radical (unpaired) electrons. The lowest BCUT2D eigenvalue weighted by Crippen LogP contribution is -2.61. The lowest BCUT2D eigenvalue weighted by atomic mass is 10.0. The molecule has 66 heavy (non-hydrogen) atoms. The summed E-state index contributed by atoms with van der Waals surface area (Å²) in [5.41, 5.74) is 4.25. The maximum Gasteiger partial charge on any atom is 0.268 e. The molecule has 2 aliphatic heterocycles. The smallest absolute Gasteiger partial charge is 0.268 e. The van der Waals surface area contributed by atoms with E-state index in [-0.39, 0.29) is 44.4 Å². The van der Waals surface area contributed by atoms with Gasteiger partial charge in [-0.1, -0.05) is 24.3 Å². The van der Waals surface area contributed by atoms with Crippen molar-refractivity contribution in [1.82, 2.24) is 19.6 Å². The van der Waals surface area contributed by atoms with Crippen LogP contribution in [0.3, 0.4) is 0 Å². The van der Waals surface area contributed by atoms with E-state index in [0.29, 0.717) is 84.8 Å². The number of methoxy groups -OCH3 is 6. The predicted octanol–water partition coefficient (Wildman–Crippen LogP) is 4.67. The zero-order valence-corrected chi connectivity index (χ0v) is 40.2.